The van der Waals surface area contributed by atoms with Crippen LogP contribution in [-0.2, 0) is 11.3 Å². The molecule has 160 valence electrons. The Morgan fingerprint density at radius 3 is 2.23 bits per heavy atom. The van der Waals surface area contributed by atoms with E-state index in [0.29, 0.717) is 17.9 Å². The Morgan fingerprint density at radius 1 is 1.00 bits per heavy atom. The smallest absolute Gasteiger partial charge is 0.182 e. The summed E-state index contributed by atoms with van der Waals surface area (Å²) in [7, 11) is 5.26. The molecule has 2 rings (SSSR count). The third-order valence-electron chi connectivity index (χ3n) is 3.97. The number of carbonyl (C=O) groups is 1. The summed E-state index contributed by atoms with van der Waals surface area (Å²) in [5.74, 6) is -0.0461. The van der Waals surface area contributed by atoms with Crippen molar-refractivity contribution in [1.29, 1.82) is 0 Å². The Kier molecular flexibility index (Phi) is 9.68. The summed E-state index contributed by atoms with van der Waals surface area (Å²) in [6.45, 7) is 0.584. The van der Waals surface area contributed by atoms with Crippen LogP contribution in [0.2, 0.25) is 0 Å². The summed E-state index contributed by atoms with van der Waals surface area (Å²) < 4.78 is 5.02. The SMILES string of the molecule is COc1cc(/C=C/C(=O)/C=C(O)/C=C/c2ccc(O)c(CN(C)C)c2)ccc1O.Cl. The lowest BCUT2D eigenvalue weighted by molar-refractivity contribution is -0.110. The number of aromatic hydroxyl groups is 2. The Bertz CT molecular complexity index is 964. The predicted octanol–water partition coefficient (Wildman–Crippen LogP) is 4.33. The van der Waals surface area contributed by atoms with E-state index < -0.39 is 5.78 Å². The maximum Gasteiger partial charge on any atom is 0.182 e. The number of benzene rings is 2. The van der Waals surface area contributed by atoms with Crippen LogP contribution in [0.5, 0.6) is 17.2 Å². The number of carbonyl (C=O) groups excluding carboxylic acids is 1. The average Bonchev–Trinajstić information content (AvgIpc) is 2.67. The van der Waals surface area contributed by atoms with E-state index in [1.54, 1.807) is 36.4 Å². The molecule has 0 spiro atoms. The first kappa shape index (κ1) is 24.8. The number of aliphatic hydroxyl groups is 1. The molecular formula is C23H26ClNO5. The zero-order chi connectivity index (χ0) is 21.4. The summed E-state index contributed by atoms with van der Waals surface area (Å²) in [5.41, 5.74) is 2.23. The molecule has 0 amide bonds. The Hall–Kier alpha value is -3.22. The van der Waals surface area contributed by atoms with Gasteiger partial charge in [0.05, 0.1) is 7.11 Å². The molecule has 3 N–H and O–H groups in total. The van der Waals surface area contributed by atoms with E-state index in [2.05, 4.69) is 0 Å². The van der Waals surface area contributed by atoms with Crippen molar-refractivity contribution in [3.63, 3.8) is 0 Å². The van der Waals surface area contributed by atoms with Crippen molar-refractivity contribution >= 4 is 30.3 Å². The van der Waals surface area contributed by atoms with Crippen LogP contribution in [0.15, 0.2) is 60.4 Å². The molecule has 30 heavy (non-hydrogen) atoms. The minimum atomic E-state index is -0.391. The third kappa shape index (κ3) is 7.66. The number of aliphatic hydroxyl groups excluding tert-OH is 1. The molecule has 0 saturated carbocycles. The van der Waals surface area contributed by atoms with Crippen LogP contribution in [0.4, 0.5) is 0 Å². The van der Waals surface area contributed by atoms with Gasteiger partial charge < -0.3 is 25.0 Å². The van der Waals surface area contributed by atoms with E-state index >= 15 is 0 Å². The van der Waals surface area contributed by atoms with Gasteiger partial charge in [0, 0.05) is 18.2 Å². The lowest BCUT2D eigenvalue weighted by Crippen LogP contribution is -2.10. The van der Waals surface area contributed by atoms with Crippen molar-refractivity contribution in [3.8, 4) is 17.2 Å². The van der Waals surface area contributed by atoms with E-state index in [9.17, 15) is 20.1 Å². The minimum absolute atomic E-state index is 0. The number of methoxy groups -OCH3 is 1. The second kappa shape index (κ2) is 11.7. The fraction of sp³-hybridized carbons (Fsp3) is 0.174. The molecule has 0 aliphatic rings. The van der Waals surface area contributed by atoms with Crippen molar-refractivity contribution in [2.45, 2.75) is 6.54 Å². The van der Waals surface area contributed by atoms with Crippen molar-refractivity contribution in [1.82, 2.24) is 4.90 Å². The molecular weight excluding hydrogens is 406 g/mol. The number of halogens is 1. The largest absolute Gasteiger partial charge is 0.508 e. The first-order valence-corrected chi connectivity index (χ1v) is 8.93. The second-order valence-corrected chi connectivity index (χ2v) is 6.70. The standard InChI is InChI=1S/C23H25NO5.ClH/c1-24(2)15-18-12-16(6-10-21(18)27)4-8-19(25)14-20(26)9-5-17-7-11-22(28)23(13-17)29-3;/h4-14,25,27-28H,15H2,1-3H3;1H/b8-4+,9-5+,19-14-;. The zero-order valence-electron chi connectivity index (χ0n) is 17.1. The van der Waals surface area contributed by atoms with Crippen LogP contribution in [0.1, 0.15) is 16.7 Å². The Labute approximate surface area is 182 Å². The topological polar surface area (TPSA) is 90.2 Å². The van der Waals surface area contributed by atoms with Gasteiger partial charge in [-0.15, -0.1) is 12.4 Å². The number of phenolic OH excluding ortho intramolecular Hbond substituents is 2. The number of hydrogen-bond acceptors (Lipinski definition) is 6. The first-order chi connectivity index (χ1) is 13.8. The Morgan fingerprint density at radius 2 is 1.60 bits per heavy atom. The number of allylic oxidation sites excluding steroid dienone is 3. The highest BCUT2D eigenvalue weighted by Crippen LogP contribution is 2.26. The third-order valence-corrected chi connectivity index (χ3v) is 3.97. The molecule has 0 aliphatic heterocycles. The minimum Gasteiger partial charge on any atom is -0.508 e. The van der Waals surface area contributed by atoms with E-state index in [0.717, 1.165) is 17.2 Å². The highest BCUT2D eigenvalue weighted by Gasteiger charge is 2.04. The zero-order valence-corrected chi connectivity index (χ0v) is 17.9. The molecule has 0 radical (unpaired) electrons. The number of rotatable bonds is 8. The number of ketones is 1. The van der Waals surface area contributed by atoms with Gasteiger partial charge in [-0.1, -0.05) is 24.3 Å². The molecule has 7 heteroatoms. The van der Waals surface area contributed by atoms with Crippen LogP contribution >= 0.6 is 12.4 Å². The second-order valence-electron chi connectivity index (χ2n) is 6.70. The molecule has 0 aliphatic carbocycles. The molecule has 0 saturated heterocycles. The predicted molar refractivity (Wildman–Crippen MR) is 121 cm³/mol. The summed E-state index contributed by atoms with van der Waals surface area (Å²) in [4.78, 5) is 13.9. The fourth-order valence-electron chi connectivity index (χ4n) is 2.58. The number of hydrogen-bond donors (Lipinski definition) is 3. The van der Waals surface area contributed by atoms with Gasteiger partial charge in [-0.2, -0.15) is 0 Å². The number of phenols is 2. The van der Waals surface area contributed by atoms with Gasteiger partial charge in [-0.25, -0.2) is 0 Å². The molecule has 0 atom stereocenters. The number of nitrogens with zero attached hydrogens (tertiary/aromatic N) is 1. The van der Waals surface area contributed by atoms with Gasteiger partial charge in [0.25, 0.3) is 0 Å². The molecule has 0 bridgehead atoms. The van der Waals surface area contributed by atoms with Crippen LogP contribution < -0.4 is 4.74 Å². The monoisotopic (exact) mass is 431 g/mol. The van der Waals surface area contributed by atoms with Crippen molar-refractivity contribution in [3.05, 3.63) is 77.1 Å². The van der Waals surface area contributed by atoms with Gasteiger partial charge in [-0.3, -0.25) is 4.79 Å². The van der Waals surface area contributed by atoms with Crippen LogP contribution in [0.3, 0.4) is 0 Å². The van der Waals surface area contributed by atoms with Crippen LogP contribution in [0, 0.1) is 0 Å². The quantitative estimate of drug-likeness (QED) is 0.327. The molecule has 0 unspecified atom stereocenters. The van der Waals surface area contributed by atoms with Crippen LogP contribution in [-0.4, -0.2) is 47.2 Å². The Balaban J connectivity index is 0.00000450. The van der Waals surface area contributed by atoms with E-state index in [4.69, 9.17) is 4.74 Å². The summed E-state index contributed by atoms with van der Waals surface area (Å²) in [5, 5.41) is 29.4. The average molecular weight is 432 g/mol. The van der Waals surface area contributed by atoms with Crippen LogP contribution in [0.25, 0.3) is 12.2 Å². The molecule has 0 heterocycles. The lowest BCUT2D eigenvalue weighted by Gasteiger charge is -2.11. The molecule has 2 aromatic rings. The summed E-state index contributed by atoms with van der Waals surface area (Å²) in [6, 6.07) is 9.84. The maximum atomic E-state index is 12.0. The molecule has 0 fully saturated rings. The van der Waals surface area contributed by atoms with Gasteiger partial charge in [-0.05, 0) is 61.6 Å². The first-order valence-electron chi connectivity index (χ1n) is 8.93. The number of ether oxygens (including phenoxy) is 1. The van der Waals surface area contributed by atoms with Crippen molar-refractivity contribution < 1.29 is 24.9 Å². The van der Waals surface area contributed by atoms with Gasteiger partial charge in [0.1, 0.15) is 11.5 Å². The highest BCUT2D eigenvalue weighted by molar-refractivity contribution is 6.02. The van der Waals surface area contributed by atoms with E-state index in [-0.39, 0.29) is 29.7 Å². The normalized spacial score (nSPS) is 11.8. The van der Waals surface area contributed by atoms with Crippen molar-refractivity contribution in [2.24, 2.45) is 0 Å². The fourth-order valence-corrected chi connectivity index (χ4v) is 2.58. The highest BCUT2D eigenvalue weighted by atomic mass is 35.5. The molecule has 2 aromatic carbocycles. The van der Waals surface area contributed by atoms with Gasteiger partial charge in [0.2, 0.25) is 0 Å². The summed E-state index contributed by atoms with van der Waals surface area (Å²) in [6.07, 6.45) is 7.05. The van der Waals surface area contributed by atoms with Gasteiger partial charge in [0.15, 0.2) is 17.3 Å². The summed E-state index contributed by atoms with van der Waals surface area (Å²) >= 11 is 0. The van der Waals surface area contributed by atoms with Gasteiger partial charge >= 0.3 is 0 Å². The maximum absolute atomic E-state index is 12.0. The van der Waals surface area contributed by atoms with Crippen molar-refractivity contribution in [2.75, 3.05) is 21.2 Å². The van der Waals surface area contributed by atoms with E-state index in [1.807, 2.05) is 25.1 Å². The molecule has 6 nitrogen and oxygen atoms in total. The molecule has 0 aromatic heterocycles. The lowest BCUT2D eigenvalue weighted by atomic mass is 10.1. The van der Waals surface area contributed by atoms with E-state index in [1.165, 1.54) is 25.3 Å².